The largest absolute Gasteiger partial charge is 0.459 e. The normalized spacial score (nSPS) is 41.2. The summed E-state index contributed by atoms with van der Waals surface area (Å²) in [5.74, 6) is 4.09. The third-order valence-corrected chi connectivity index (χ3v) is 18.4. The number of allylic oxidation sites excluding steroid dienone is 6. The summed E-state index contributed by atoms with van der Waals surface area (Å²) in [6, 6.07) is 18.8. The van der Waals surface area contributed by atoms with E-state index in [9.17, 15) is 14.4 Å². The molecule has 8 aliphatic carbocycles. The minimum Gasteiger partial charge on any atom is -0.459 e. The summed E-state index contributed by atoms with van der Waals surface area (Å²) in [6.45, 7) is 12.0. The third kappa shape index (κ3) is 6.93. The molecule has 0 radical (unpaired) electrons. The molecule has 0 N–H and O–H groups in total. The lowest BCUT2D eigenvalue weighted by molar-refractivity contribution is -0.127. The van der Waals surface area contributed by atoms with Gasteiger partial charge in [-0.2, -0.15) is 0 Å². The number of Topliss-reactive ketones (excluding diaryl/α,β-unsaturated/α-hetero) is 1. The minimum absolute atomic E-state index is 0.0276. The van der Waals surface area contributed by atoms with Gasteiger partial charge in [0.2, 0.25) is 0 Å². The number of carbonyl (C=O) groups is 3. The number of esters is 2. The fraction of sp³-hybridized carbons (Fsp3) is 0.611. The molecule has 0 saturated heterocycles. The summed E-state index contributed by atoms with van der Waals surface area (Å²) >= 11 is 0. The van der Waals surface area contributed by atoms with Crippen LogP contribution in [0.5, 0.6) is 0 Å². The van der Waals surface area contributed by atoms with Crippen molar-refractivity contribution in [3.05, 3.63) is 107 Å². The maximum Gasteiger partial charge on any atom is 0.338 e. The van der Waals surface area contributed by atoms with Crippen molar-refractivity contribution in [2.24, 2.45) is 57.2 Å². The van der Waals surface area contributed by atoms with Crippen LogP contribution in [-0.2, 0) is 14.3 Å². The number of ketones is 1. The van der Waals surface area contributed by atoms with E-state index in [1.165, 1.54) is 44.9 Å². The number of ether oxygens (including phenoxy) is 2. The van der Waals surface area contributed by atoms with Gasteiger partial charge < -0.3 is 9.47 Å². The molecule has 2 aromatic rings. The Morgan fingerprint density at radius 3 is 1.53 bits per heavy atom. The molecule has 2 aromatic carbocycles. The lowest BCUT2D eigenvalue weighted by Crippen LogP contribution is -2.49. The van der Waals surface area contributed by atoms with Gasteiger partial charge in [-0.1, -0.05) is 99.0 Å². The first-order chi connectivity index (χ1) is 28.4. The number of fused-ring (bicyclic) bond motifs is 10. The molecule has 6 fully saturated rings. The Morgan fingerprint density at radius 2 is 1.03 bits per heavy atom. The van der Waals surface area contributed by atoms with Gasteiger partial charge in [-0.3, -0.25) is 4.79 Å². The predicted octanol–water partition coefficient (Wildman–Crippen LogP) is 12.9. The van der Waals surface area contributed by atoms with Crippen LogP contribution in [0.1, 0.15) is 158 Å². The van der Waals surface area contributed by atoms with Crippen LogP contribution in [0.2, 0.25) is 0 Å². The van der Waals surface area contributed by atoms with Crippen LogP contribution in [0.15, 0.2) is 95.6 Å². The molecule has 59 heavy (non-hydrogen) atoms. The van der Waals surface area contributed by atoms with Crippen molar-refractivity contribution in [1.82, 2.24) is 0 Å². The Bertz CT molecular complexity index is 2030. The maximum atomic E-state index is 12.6. The van der Waals surface area contributed by atoms with E-state index in [0.717, 1.165) is 69.6 Å². The summed E-state index contributed by atoms with van der Waals surface area (Å²) in [6.07, 6.45) is 25.5. The van der Waals surface area contributed by atoms with Crippen LogP contribution < -0.4 is 0 Å². The first-order valence-electron chi connectivity index (χ1n) is 23.5. The Balaban J connectivity index is 0.000000152. The van der Waals surface area contributed by atoms with E-state index >= 15 is 0 Å². The molecule has 0 aromatic heterocycles. The molecular formula is C54H68O5. The van der Waals surface area contributed by atoms with Gasteiger partial charge in [-0.15, -0.1) is 0 Å². The molecule has 5 nitrogen and oxygen atoms in total. The van der Waals surface area contributed by atoms with E-state index in [4.69, 9.17) is 9.47 Å². The molecule has 0 unspecified atom stereocenters. The van der Waals surface area contributed by atoms with Crippen LogP contribution in [0, 0.1) is 57.2 Å². The highest BCUT2D eigenvalue weighted by atomic mass is 16.5. The van der Waals surface area contributed by atoms with E-state index in [-0.39, 0.29) is 35.0 Å². The van der Waals surface area contributed by atoms with E-state index in [2.05, 4.69) is 52.8 Å². The number of hydrogen-bond acceptors (Lipinski definition) is 5. The molecule has 0 amide bonds. The van der Waals surface area contributed by atoms with Gasteiger partial charge in [0.15, 0.2) is 0 Å². The van der Waals surface area contributed by atoms with Crippen LogP contribution >= 0.6 is 0 Å². The zero-order chi connectivity index (χ0) is 41.2. The molecule has 0 spiro atoms. The standard InChI is InChI=1S/C28H36O2.C26H32O3/c1-4-20-11-13-24-23-12-10-21-18-22(30-26(29)19-8-6-5-7-9-19)14-16-28(21,3)25(23)15-17-27(20,24)2;1-25-14-12-19(29-24(28)17-6-4-3-5-7-17)16-18(25)8-9-20-21-10-11-23(27)26(21,2)15-13-22(20)25/h4-9,15,21-24H,10-14,16-18H2,1-3H3;3-7,13,18-21H,8-12,14-16H2,1-2H3/b20-4-;/t21-,22-,23+,24+,27-,28+;18-,19-,20+,21+,25+,26+/m11/s1. The lowest BCUT2D eigenvalue weighted by Gasteiger charge is -2.56. The van der Waals surface area contributed by atoms with Crippen molar-refractivity contribution in [2.75, 3.05) is 0 Å². The number of hydrogen-bond donors (Lipinski definition) is 0. The zero-order valence-corrected chi connectivity index (χ0v) is 36.5. The van der Waals surface area contributed by atoms with Crippen LogP contribution in [0.4, 0.5) is 0 Å². The van der Waals surface area contributed by atoms with Crippen molar-refractivity contribution in [1.29, 1.82) is 0 Å². The molecule has 314 valence electrons. The smallest absolute Gasteiger partial charge is 0.338 e. The second-order valence-corrected chi connectivity index (χ2v) is 21.0. The molecule has 12 atom stereocenters. The summed E-state index contributed by atoms with van der Waals surface area (Å²) in [5, 5.41) is 0. The van der Waals surface area contributed by atoms with Gasteiger partial charge >= 0.3 is 11.9 Å². The average Bonchev–Trinajstić information content (AvgIpc) is 3.76. The van der Waals surface area contributed by atoms with Crippen LogP contribution in [-0.4, -0.2) is 29.9 Å². The quantitative estimate of drug-likeness (QED) is 0.228. The SMILES string of the molecule is C/C=C1/CC[C@H]2[C@@H]3CC[C@@H]4C[C@H](OC(=O)c5ccccc5)CC[C@]4(C)C3=CC[C@]12C.C[C@]12CC[C@@H](OC(=O)c3ccccc3)C[C@H]1CC[C@@H]1C2=CC[C@]2(C)C(=O)CC[C@@H]12. The highest BCUT2D eigenvalue weighted by Crippen LogP contribution is 2.66. The highest BCUT2D eigenvalue weighted by molar-refractivity contribution is 5.90. The molecular weight excluding hydrogens is 729 g/mol. The second kappa shape index (κ2) is 15.6. The van der Waals surface area contributed by atoms with E-state index in [1.807, 2.05) is 60.7 Å². The van der Waals surface area contributed by atoms with Crippen LogP contribution in [0.25, 0.3) is 0 Å². The van der Waals surface area contributed by atoms with Crippen molar-refractivity contribution >= 4 is 17.7 Å². The number of benzene rings is 2. The maximum absolute atomic E-state index is 12.6. The van der Waals surface area contributed by atoms with Crippen molar-refractivity contribution in [2.45, 2.75) is 150 Å². The van der Waals surface area contributed by atoms with Crippen molar-refractivity contribution in [3.8, 4) is 0 Å². The first-order valence-corrected chi connectivity index (χ1v) is 23.5. The Hall–Kier alpha value is -3.73. The highest BCUT2D eigenvalue weighted by Gasteiger charge is 2.58. The molecule has 5 heteroatoms. The molecule has 0 heterocycles. The Labute approximate surface area is 353 Å². The lowest BCUT2D eigenvalue weighted by atomic mass is 9.49. The Kier molecular flexibility index (Phi) is 10.8. The second-order valence-electron chi connectivity index (χ2n) is 21.0. The average molecular weight is 797 g/mol. The van der Waals surface area contributed by atoms with Gasteiger partial charge in [-0.25, -0.2) is 9.59 Å². The van der Waals surface area contributed by atoms with E-state index < -0.39 is 0 Å². The first kappa shape index (κ1) is 40.7. The van der Waals surface area contributed by atoms with Gasteiger partial charge in [-0.05, 0) is 179 Å². The van der Waals surface area contributed by atoms with Gasteiger partial charge in [0.05, 0.1) is 11.1 Å². The van der Waals surface area contributed by atoms with Crippen LogP contribution in [0.3, 0.4) is 0 Å². The third-order valence-electron chi connectivity index (χ3n) is 18.4. The van der Waals surface area contributed by atoms with E-state index in [1.54, 1.807) is 16.7 Å². The summed E-state index contributed by atoms with van der Waals surface area (Å²) in [4.78, 5) is 37.6. The van der Waals surface area contributed by atoms with Crippen molar-refractivity contribution < 1.29 is 23.9 Å². The van der Waals surface area contributed by atoms with Gasteiger partial charge in [0.25, 0.3) is 0 Å². The van der Waals surface area contributed by atoms with E-state index in [0.29, 0.717) is 51.4 Å². The summed E-state index contributed by atoms with van der Waals surface area (Å²) in [5.41, 5.74) is 7.23. The minimum atomic E-state index is -0.190. The molecule has 0 aliphatic heterocycles. The number of carbonyl (C=O) groups excluding carboxylic acids is 3. The fourth-order valence-corrected chi connectivity index (χ4v) is 14.9. The van der Waals surface area contributed by atoms with Crippen molar-refractivity contribution in [3.63, 3.8) is 0 Å². The number of rotatable bonds is 4. The molecule has 10 rings (SSSR count). The molecule has 0 bridgehead atoms. The van der Waals surface area contributed by atoms with Gasteiger partial charge in [0, 0.05) is 11.8 Å². The topological polar surface area (TPSA) is 69.7 Å². The zero-order valence-electron chi connectivity index (χ0n) is 36.5. The summed E-state index contributed by atoms with van der Waals surface area (Å²) in [7, 11) is 0. The monoisotopic (exact) mass is 797 g/mol. The van der Waals surface area contributed by atoms with Gasteiger partial charge in [0.1, 0.15) is 18.0 Å². The molecule has 8 aliphatic rings. The Morgan fingerprint density at radius 1 is 0.576 bits per heavy atom. The predicted molar refractivity (Wildman–Crippen MR) is 233 cm³/mol. The molecule has 6 saturated carbocycles. The summed E-state index contributed by atoms with van der Waals surface area (Å²) < 4.78 is 11.9. The fourth-order valence-electron chi connectivity index (χ4n) is 14.9.